The van der Waals surface area contributed by atoms with Crippen LogP contribution in [0.1, 0.15) is 11.3 Å². The summed E-state index contributed by atoms with van der Waals surface area (Å²) in [6.45, 7) is 2.77. The minimum absolute atomic E-state index is 0. The summed E-state index contributed by atoms with van der Waals surface area (Å²) in [5.74, 6) is 0. The summed E-state index contributed by atoms with van der Waals surface area (Å²) in [5, 5.41) is 0. The van der Waals surface area contributed by atoms with Gasteiger partial charge in [0.1, 0.15) is 0 Å². The maximum atomic E-state index is 12.3. The van der Waals surface area contributed by atoms with Crippen molar-refractivity contribution in [2.45, 2.75) is 24.3 Å². The molecular formula is C9H14BrClN2O2S2. The first-order chi connectivity index (χ1) is 7.41. The highest BCUT2D eigenvalue weighted by molar-refractivity contribution is 9.11. The molecule has 0 saturated carbocycles. The van der Waals surface area contributed by atoms with Crippen LogP contribution in [0, 0.1) is 6.92 Å². The molecule has 0 radical (unpaired) electrons. The molecule has 1 unspecified atom stereocenters. The number of nitrogens with two attached hydrogens (primary N) is 1. The van der Waals surface area contributed by atoms with Crippen LogP contribution in [0.5, 0.6) is 0 Å². The molecule has 0 bridgehead atoms. The molecule has 0 aromatic carbocycles. The molecule has 4 nitrogen and oxygen atoms in total. The van der Waals surface area contributed by atoms with E-state index in [0.717, 1.165) is 15.1 Å². The first kappa shape index (κ1) is 15.4. The van der Waals surface area contributed by atoms with E-state index in [4.69, 9.17) is 5.73 Å². The Labute approximate surface area is 120 Å². The Balaban J connectivity index is 0.00000144. The topological polar surface area (TPSA) is 63.4 Å². The minimum atomic E-state index is -3.35. The summed E-state index contributed by atoms with van der Waals surface area (Å²) in [5.41, 5.74) is 5.73. The fourth-order valence-electron chi connectivity index (χ4n) is 1.80. The third-order valence-electron chi connectivity index (χ3n) is 2.65. The van der Waals surface area contributed by atoms with Gasteiger partial charge < -0.3 is 5.73 Å². The van der Waals surface area contributed by atoms with Gasteiger partial charge in [-0.2, -0.15) is 4.31 Å². The Morgan fingerprint density at radius 3 is 2.65 bits per heavy atom. The van der Waals surface area contributed by atoms with Gasteiger partial charge in [-0.15, -0.1) is 23.7 Å². The van der Waals surface area contributed by atoms with Crippen LogP contribution in [0.15, 0.2) is 14.7 Å². The maximum Gasteiger partial charge on any atom is 0.244 e. The van der Waals surface area contributed by atoms with E-state index in [1.807, 2.05) is 6.92 Å². The lowest BCUT2D eigenvalue weighted by Gasteiger charge is -2.15. The Bertz CT molecular complexity index is 503. The number of hydrogen-bond donors (Lipinski definition) is 1. The maximum absolute atomic E-state index is 12.3. The Morgan fingerprint density at radius 1 is 1.59 bits per heavy atom. The van der Waals surface area contributed by atoms with Gasteiger partial charge in [0.05, 0.1) is 8.68 Å². The van der Waals surface area contributed by atoms with Crippen molar-refractivity contribution in [2.24, 2.45) is 5.73 Å². The third kappa shape index (κ3) is 3.02. The van der Waals surface area contributed by atoms with Crippen molar-refractivity contribution in [3.05, 3.63) is 14.7 Å². The van der Waals surface area contributed by atoms with E-state index < -0.39 is 10.0 Å². The lowest BCUT2D eigenvalue weighted by Crippen LogP contribution is -2.32. The first-order valence-electron chi connectivity index (χ1n) is 4.93. The monoisotopic (exact) mass is 360 g/mol. The number of aryl methyl sites for hydroxylation is 1. The molecule has 17 heavy (non-hydrogen) atoms. The summed E-state index contributed by atoms with van der Waals surface area (Å²) in [6, 6.07) is 1.64. The van der Waals surface area contributed by atoms with Crippen molar-refractivity contribution in [2.75, 3.05) is 13.1 Å². The number of hydrogen-bond acceptors (Lipinski definition) is 4. The van der Waals surface area contributed by atoms with Crippen molar-refractivity contribution >= 4 is 49.7 Å². The molecule has 1 atom stereocenters. The zero-order chi connectivity index (χ0) is 11.9. The quantitative estimate of drug-likeness (QED) is 0.876. The van der Waals surface area contributed by atoms with Gasteiger partial charge in [0, 0.05) is 24.0 Å². The highest BCUT2D eigenvalue weighted by Crippen LogP contribution is 2.32. The van der Waals surface area contributed by atoms with E-state index in [2.05, 4.69) is 15.9 Å². The van der Waals surface area contributed by atoms with Gasteiger partial charge in [0.2, 0.25) is 10.0 Å². The fourth-order valence-corrected chi connectivity index (χ4v) is 5.69. The Morgan fingerprint density at radius 2 is 2.24 bits per heavy atom. The number of halogens is 2. The molecule has 0 amide bonds. The molecule has 2 N–H and O–H groups in total. The van der Waals surface area contributed by atoms with Gasteiger partial charge >= 0.3 is 0 Å². The van der Waals surface area contributed by atoms with Crippen molar-refractivity contribution in [1.82, 2.24) is 4.31 Å². The van der Waals surface area contributed by atoms with Gasteiger partial charge in [-0.3, -0.25) is 0 Å². The van der Waals surface area contributed by atoms with Gasteiger partial charge in [-0.25, -0.2) is 8.42 Å². The summed E-state index contributed by atoms with van der Waals surface area (Å²) in [7, 11) is -3.35. The van der Waals surface area contributed by atoms with Crippen LogP contribution in [-0.4, -0.2) is 31.9 Å². The molecule has 0 aliphatic carbocycles. The van der Waals surface area contributed by atoms with Gasteiger partial charge in [-0.1, -0.05) is 0 Å². The standard InChI is InChI=1S/C9H13BrN2O2S2.ClH/c1-6-8(4-9(10)15-6)16(13,14)12-3-2-7(11)5-12;/h4,7H,2-3,5,11H2,1H3;1H. The molecule has 2 heterocycles. The lowest BCUT2D eigenvalue weighted by atomic mass is 10.3. The van der Waals surface area contributed by atoms with E-state index in [1.165, 1.54) is 15.6 Å². The van der Waals surface area contributed by atoms with E-state index in [1.54, 1.807) is 6.07 Å². The Hall–Kier alpha value is 0.340. The van der Waals surface area contributed by atoms with Crippen LogP contribution in [0.3, 0.4) is 0 Å². The van der Waals surface area contributed by atoms with E-state index in [9.17, 15) is 8.42 Å². The highest BCUT2D eigenvalue weighted by Gasteiger charge is 2.32. The molecule has 2 rings (SSSR count). The molecule has 1 aliphatic heterocycles. The summed E-state index contributed by atoms with van der Waals surface area (Å²) in [4.78, 5) is 1.21. The van der Waals surface area contributed by atoms with Gasteiger partial charge in [0.25, 0.3) is 0 Å². The molecule has 1 aliphatic rings. The second kappa shape index (κ2) is 5.54. The average molecular weight is 362 g/mol. The lowest BCUT2D eigenvalue weighted by molar-refractivity contribution is 0.472. The summed E-state index contributed by atoms with van der Waals surface area (Å²) >= 11 is 4.74. The predicted molar refractivity (Wildman–Crippen MR) is 75.4 cm³/mol. The van der Waals surface area contributed by atoms with Crippen molar-refractivity contribution < 1.29 is 8.42 Å². The van der Waals surface area contributed by atoms with Crippen molar-refractivity contribution in [3.63, 3.8) is 0 Å². The molecule has 1 aromatic heterocycles. The van der Waals surface area contributed by atoms with E-state index >= 15 is 0 Å². The zero-order valence-electron chi connectivity index (χ0n) is 9.22. The largest absolute Gasteiger partial charge is 0.326 e. The second-order valence-corrected chi connectivity index (χ2v) is 8.42. The van der Waals surface area contributed by atoms with Gasteiger partial charge in [-0.05, 0) is 35.3 Å². The van der Waals surface area contributed by atoms with Crippen LogP contribution < -0.4 is 5.73 Å². The van der Waals surface area contributed by atoms with Crippen LogP contribution in [-0.2, 0) is 10.0 Å². The van der Waals surface area contributed by atoms with Crippen LogP contribution in [0.2, 0.25) is 0 Å². The summed E-state index contributed by atoms with van der Waals surface area (Å²) < 4.78 is 26.9. The molecule has 1 aromatic rings. The summed E-state index contributed by atoms with van der Waals surface area (Å²) in [6.07, 6.45) is 0.740. The third-order valence-corrected chi connectivity index (χ3v) is 6.32. The Kier molecular flexibility index (Phi) is 5.02. The number of nitrogens with zero attached hydrogens (tertiary/aromatic N) is 1. The minimum Gasteiger partial charge on any atom is -0.326 e. The molecule has 1 saturated heterocycles. The first-order valence-corrected chi connectivity index (χ1v) is 7.98. The molecule has 8 heteroatoms. The van der Waals surface area contributed by atoms with Gasteiger partial charge in [0.15, 0.2) is 0 Å². The molecular weight excluding hydrogens is 348 g/mol. The predicted octanol–water partition coefficient (Wildman–Crippen LogP) is 1.96. The van der Waals surface area contributed by atoms with Crippen molar-refractivity contribution in [1.29, 1.82) is 0 Å². The normalized spacial score (nSPS) is 21.5. The highest BCUT2D eigenvalue weighted by atomic mass is 79.9. The fraction of sp³-hybridized carbons (Fsp3) is 0.556. The van der Waals surface area contributed by atoms with E-state index in [0.29, 0.717) is 18.0 Å². The van der Waals surface area contributed by atoms with Crippen molar-refractivity contribution in [3.8, 4) is 0 Å². The second-order valence-electron chi connectivity index (χ2n) is 3.88. The van der Waals surface area contributed by atoms with Crippen LogP contribution >= 0.6 is 39.7 Å². The average Bonchev–Trinajstić information content (AvgIpc) is 2.73. The number of sulfonamides is 1. The SMILES string of the molecule is Cc1sc(Br)cc1S(=O)(=O)N1CCC(N)C1.Cl. The van der Waals surface area contributed by atoms with E-state index in [-0.39, 0.29) is 18.4 Å². The molecule has 98 valence electrons. The smallest absolute Gasteiger partial charge is 0.244 e. The number of rotatable bonds is 2. The van der Waals surface area contributed by atoms with Crippen LogP contribution in [0.25, 0.3) is 0 Å². The zero-order valence-corrected chi connectivity index (χ0v) is 13.3. The molecule has 1 fully saturated rings. The van der Waals surface area contributed by atoms with Crippen LogP contribution in [0.4, 0.5) is 0 Å². The molecule has 0 spiro atoms. The number of thiophene rings is 1.